The van der Waals surface area contributed by atoms with Crippen molar-refractivity contribution in [2.75, 3.05) is 0 Å². The Kier molecular flexibility index (Phi) is 4.76. The Morgan fingerprint density at radius 1 is 1.16 bits per heavy atom. The standard InChI is InChI=1S/C15H10F4O5S/c1-8-11(9-3-2-4-10(7-9)14(20)21)5-6-12(16)13(8)24-25(22,23)15(17,18)19/h2-7H,1H3,(H,20,21). The van der Waals surface area contributed by atoms with Crippen molar-refractivity contribution >= 4 is 16.1 Å². The molecule has 0 bridgehead atoms. The minimum atomic E-state index is -6.05. The van der Waals surface area contributed by atoms with Crippen LogP contribution in [-0.2, 0) is 10.1 Å². The van der Waals surface area contributed by atoms with Crippen molar-refractivity contribution in [2.24, 2.45) is 0 Å². The third kappa shape index (κ3) is 3.73. The summed E-state index contributed by atoms with van der Waals surface area (Å²) in [6, 6.07) is 7.24. The highest BCUT2D eigenvalue weighted by atomic mass is 32.2. The van der Waals surface area contributed by atoms with Gasteiger partial charge in [0.15, 0.2) is 11.6 Å². The first-order valence-corrected chi connectivity index (χ1v) is 7.98. The molecule has 2 rings (SSSR count). The Morgan fingerprint density at radius 3 is 2.36 bits per heavy atom. The van der Waals surface area contributed by atoms with Crippen molar-refractivity contribution in [3.63, 3.8) is 0 Å². The van der Waals surface area contributed by atoms with E-state index in [1.54, 1.807) is 0 Å². The Labute approximate surface area is 139 Å². The average molecular weight is 378 g/mol. The van der Waals surface area contributed by atoms with Gasteiger partial charge in [-0.15, -0.1) is 0 Å². The molecule has 5 nitrogen and oxygen atoms in total. The highest BCUT2D eigenvalue weighted by molar-refractivity contribution is 7.88. The topological polar surface area (TPSA) is 80.7 Å². The SMILES string of the molecule is Cc1c(-c2cccc(C(=O)O)c2)ccc(F)c1OS(=O)(=O)C(F)(F)F. The fourth-order valence-electron chi connectivity index (χ4n) is 2.05. The van der Waals surface area contributed by atoms with Crippen LogP contribution >= 0.6 is 0 Å². The summed E-state index contributed by atoms with van der Waals surface area (Å²) in [7, 11) is -6.05. The fourth-order valence-corrected chi connectivity index (χ4v) is 2.57. The zero-order valence-electron chi connectivity index (χ0n) is 12.5. The van der Waals surface area contributed by atoms with Crippen molar-refractivity contribution in [3.8, 4) is 16.9 Å². The predicted molar refractivity (Wildman–Crippen MR) is 79.1 cm³/mol. The minimum Gasteiger partial charge on any atom is -0.478 e. The zero-order valence-corrected chi connectivity index (χ0v) is 13.3. The number of rotatable bonds is 4. The molecule has 25 heavy (non-hydrogen) atoms. The molecule has 0 amide bonds. The summed E-state index contributed by atoms with van der Waals surface area (Å²) in [5.74, 6) is -3.64. The first-order chi connectivity index (χ1) is 11.4. The van der Waals surface area contributed by atoms with Crippen LogP contribution in [0.4, 0.5) is 17.6 Å². The largest absolute Gasteiger partial charge is 0.534 e. The molecule has 1 N–H and O–H groups in total. The van der Waals surface area contributed by atoms with Gasteiger partial charge in [0.1, 0.15) is 0 Å². The summed E-state index contributed by atoms with van der Waals surface area (Å²) in [5, 5.41) is 8.98. The van der Waals surface area contributed by atoms with E-state index in [1.807, 2.05) is 0 Å². The number of halogens is 4. The second-order valence-corrected chi connectivity index (χ2v) is 6.46. The Balaban J connectivity index is 2.58. The molecule has 0 heterocycles. The van der Waals surface area contributed by atoms with E-state index in [4.69, 9.17) is 5.11 Å². The van der Waals surface area contributed by atoms with Crippen LogP contribution in [0.1, 0.15) is 15.9 Å². The first kappa shape index (κ1) is 18.7. The van der Waals surface area contributed by atoms with E-state index >= 15 is 0 Å². The lowest BCUT2D eigenvalue weighted by molar-refractivity contribution is -0.0501. The summed E-state index contributed by atoms with van der Waals surface area (Å²) in [5.41, 5.74) is -5.68. The molecule has 0 atom stereocenters. The van der Waals surface area contributed by atoms with E-state index in [0.717, 1.165) is 13.0 Å². The lowest BCUT2D eigenvalue weighted by atomic mass is 9.98. The smallest absolute Gasteiger partial charge is 0.478 e. The molecule has 0 radical (unpaired) electrons. The van der Waals surface area contributed by atoms with Gasteiger partial charge in [-0.1, -0.05) is 18.2 Å². The molecule has 134 valence electrons. The third-order valence-electron chi connectivity index (χ3n) is 3.25. The van der Waals surface area contributed by atoms with Gasteiger partial charge < -0.3 is 9.29 Å². The van der Waals surface area contributed by atoms with Crippen LogP contribution in [0.3, 0.4) is 0 Å². The summed E-state index contributed by atoms with van der Waals surface area (Å²) in [4.78, 5) is 11.0. The van der Waals surface area contributed by atoms with E-state index in [-0.39, 0.29) is 22.3 Å². The molecule has 0 saturated carbocycles. The molecule has 2 aromatic carbocycles. The van der Waals surface area contributed by atoms with Crippen molar-refractivity contribution in [1.82, 2.24) is 0 Å². The van der Waals surface area contributed by atoms with Crippen LogP contribution in [-0.4, -0.2) is 25.0 Å². The number of alkyl halides is 3. The van der Waals surface area contributed by atoms with Gasteiger partial charge in [-0.2, -0.15) is 21.6 Å². The average Bonchev–Trinajstić information content (AvgIpc) is 2.50. The lowest BCUT2D eigenvalue weighted by Gasteiger charge is -2.15. The van der Waals surface area contributed by atoms with Gasteiger partial charge in [0.25, 0.3) is 0 Å². The van der Waals surface area contributed by atoms with E-state index in [1.165, 1.54) is 30.3 Å². The second kappa shape index (κ2) is 6.36. The molecule has 0 aliphatic rings. The van der Waals surface area contributed by atoms with Crippen LogP contribution in [0.15, 0.2) is 36.4 Å². The lowest BCUT2D eigenvalue weighted by Crippen LogP contribution is -2.28. The maximum Gasteiger partial charge on any atom is 0.534 e. The van der Waals surface area contributed by atoms with Crippen LogP contribution < -0.4 is 4.18 Å². The van der Waals surface area contributed by atoms with Crippen LogP contribution in [0.25, 0.3) is 11.1 Å². The van der Waals surface area contributed by atoms with Crippen LogP contribution in [0, 0.1) is 12.7 Å². The molecule has 0 spiro atoms. The van der Waals surface area contributed by atoms with E-state index in [2.05, 4.69) is 4.18 Å². The van der Waals surface area contributed by atoms with Gasteiger partial charge in [-0.25, -0.2) is 9.18 Å². The highest BCUT2D eigenvalue weighted by Gasteiger charge is 2.49. The Morgan fingerprint density at radius 2 is 1.80 bits per heavy atom. The molecule has 0 aliphatic carbocycles. The summed E-state index contributed by atoms with van der Waals surface area (Å²) < 4.78 is 77.3. The van der Waals surface area contributed by atoms with Gasteiger partial charge in [-0.05, 0) is 36.2 Å². The number of carbonyl (C=O) groups is 1. The maximum absolute atomic E-state index is 13.8. The van der Waals surface area contributed by atoms with E-state index in [0.29, 0.717) is 0 Å². The number of aromatic carboxylic acids is 1. The molecule has 10 heteroatoms. The van der Waals surface area contributed by atoms with Gasteiger partial charge in [0, 0.05) is 5.56 Å². The molecule has 0 aromatic heterocycles. The molecule has 2 aromatic rings. The monoisotopic (exact) mass is 378 g/mol. The maximum atomic E-state index is 13.8. The Hall–Kier alpha value is -2.62. The summed E-state index contributed by atoms with van der Waals surface area (Å²) in [6.45, 7) is 1.16. The quantitative estimate of drug-likeness (QED) is 0.498. The van der Waals surface area contributed by atoms with E-state index < -0.39 is 33.2 Å². The predicted octanol–water partition coefficient (Wildman–Crippen LogP) is 3.73. The Bertz CT molecular complexity index is 935. The second-order valence-electron chi connectivity index (χ2n) is 4.92. The van der Waals surface area contributed by atoms with Crippen LogP contribution in [0.2, 0.25) is 0 Å². The van der Waals surface area contributed by atoms with Crippen molar-refractivity contribution < 1.29 is 40.1 Å². The number of hydrogen-bond acceptors (Lipinski definition) is 4. The third-order valence-corrected chi connectivity index (χ3v) is 4.21. The molecular formula is C15H10F4O5S. The fraction of sp³-hybridized carbons (Fsp3) is 0.133. The van der Waals surface area contributed by atoms with Crippen molar-refractivity contribution in [2.45, 2.75) is 12.4 Å². The van der Waals surface area contributed by atoms with Crippen LogP contribution in [0.5, 0.6) is 5.75 Å². The number of carboxylic acids is 1. The van der Waals surface area contributed by atoms with E-state index in [9.17, 15) is 30.8 Å². The summed E-state index contributed by atoms with van der Waals surface area (Å²) in [6.07, 6.45) is 0. The number of benzene rings is 2. The minimum absolute atomic E-state index is 0.105. The molecule has 0 saturated heterocycles. The molecule has 0 unspecified atom stereocenters. The normalized spacial score (nSPS) is 12.0. The van der Waals surface area contributed by atoms with Gasteiger partial charge in [-0.3, -0.25) is 0 Å². The zero-order chi connectivity index (χ0) is 19.0. The molecule has 0 fully saturated rings. The van der Waals surface area contributed by atoms with Crippen molar-refractivity contribution in [3.05, 3.63) is 53.3 Å². The van der Waals surface area contributed by atoms with Gasteiger partial charge in [0.05, 0.1) is 5.56 Å². The first-order valence-electron chi connectivity index (χ1n) is 6.57. The van der Waals surface area contributed by atoms with Gasteiger partial charge in [0.2, 0.25) is 0 Å². The number of carboxylic acid groups (broad SMARTS) is 1. The molecule has 0 aliphatic heterocycles. The summed E-state index contributed by atoms with van der Waals surface area (Å²) >= 11 is 0. The highest BCUT2D eigenvalue weighted by Crippen LogP contribution is 2.36. The number of hydrogen-bond donors (Lipinski definition) is 1. The molecular weight excluding hydrogens is 368 g/mol. The van der Waals surface area contributed by atoms with Gasteiger partial charge >= 0.3 is 21.6 Å². The van der Waals surface area contributed by atoms with Crippen molar-refractivity contribution in [1.29, 1.82) is 0 Å².